The minimum atomic E-state index is -0.521. The second kappa shape index (κ2) is 9.36. The van der Waals surface area contributed by atoms with Gasteiger partial charge in [0.15, 0.2) is 0 Å². The summed E-state index contributed by atoms with van der Waals surface area (Å²) in [5.41, 5.74) is 1.75. The first-order valence-electron chi connectivity index (χ1n) is 9.71. The molecule has 2 aromatic carbocycles. The van der Waals surface area contributed by atoms with Crippen molar-refractivity contribution in [3.63, 3.8) is 0 Å². The third-order valence-corrected chi connectivity index (χ3v) is 5.54. The third kappa shape index (κ3) is 5.04. The molecule has 0 aliphatic heterocycles. The molecule has 0 spiro atoms. The average molecular weight is 433 g/mol. The zero-order chi connectivity index (χ0) is 21.6. The van der Waals surface area contributed by atoms with Crippen LogP contribution in [-0.2, 0) is 24.4 Å². The Labute approximate surface area is 182 Å². The molecule has 8 heteroatoms. The zero-order valence-electron chi connectivity index (χ0n) is 16.6. The molecule has 0 bridgehead atoms. The minimum Gasteiger partial charge on any atom is -0.348 e. The highest BCUT2D eigenvalue weighted by atomic mass is 32.1. The van der Waals surface area contributed by atoms with Gasteiger partial charge in [-0.25, -0.2) is 9.78 Å². The van der Waals surface area contributed by atoms with E-state index in [1.54, 1.807) is 0 Å². The molecule has 4 rings (SSSR count). The number of nitrogens with zero attached hydrogens (tertiary/aromatic N) is 3. The van der Waals surface area contributed by atoms with Crippen molar-refractivity contribution in [1.29, 1.82) is 0 Å². The van der Waals surface area contributed by atoms with Crippen molar-refractivity contribution < 1.29 is 4.79 Å². The van der Waals surface area contributed by atoms with E-state index in [1.165, 1.54) is 28.2 Å². The lowest BCUT2D eigenvalue weighted by atomic mass is 10.2. The number of rotatable bonds is 7. The number of thiazole rings is 1. The molecule has 0 aliphatic rings. The van der Waals surface area contributed by atoms with Crippen molar-refractivity contribution in [2.75, 3.05) is 0 Å². The summed E-state index contributed by atoms with van der Waals surface area (Å²) in [7, 11) is 0. The Kier molecular flexibility index (Phi) is 6.18. The van der Waals surface area contributed by atoms with Crippen LogP contribution in [0.4, 0.5) is 0 Å². The van der Waals surface area contributed by atoms with Crippen molar-refractivity contribution in [1.82, 2.24) is 19.4 Å². The number of hydrogen-bond donors (Lipinski definition) is 1. The number of aromatic nitrogens is 3. The van der Waals surface area contributed by atoms with Gasteiger partial charge in [-0.1, -0.05) is 60.7 Å². The number of carbonyl (C=O) groups excluding carboxylic acids is 1. The van der Waals surface area contributed by atoms with Crippen LogP contribution in [-0.4, -0.2) is 20.0 Å². The van der Waals surface area contributed by atoms with Gasteiger partial charge in [-0.3, -0.25) is 18.7 Å². The van der Waals surface area contributed by atoms with Crippen molar-refractivity contribution in [2.24, 2.45) is 0 Å². The van der Waals surface area contributed by atoms with Crippen molar-refractivity contribution in [3.8, 4) is 11.3 Å². The number of nitrogens with one attached hydrogen (secondary N) is 1. The molecule has 0 radical (unpaired) electrons. The lowest BCUT2D eigenvalue weighted by Gasteiger charge is -2.10. The number of amides is 1. The third-order valence-electron chi connectivity index (χ3n) is 4.70. The van der Waals surface area contributed by atoms with E-state index in [-0.39, 0.29) is 13.1 Å². The number of hydrogen-bond acceptors (Lipinski definition) is 5. The van der Waals surface area contributed by atoms with Crippen LogP contribution >= 0.6 is 11.3 Å². The van der Waals surface area contributed by atoms with Crippen LogP contribution in [0.1, 0.15) is 10.6 Å². The van der Waals surface area contributed by atoms with Crippen LogP contribution in [0.3, 0.4) is 0 Å². The molecule has 1 N–H and O–H groups in total. The van der Waals surface area contributed by atoms with Gasteiger partial charge in [-0.15, -0.1) is 11.3 Å². The summed E-state index contributed by atoms with van der Waals surface area (Å²) >= 11 is 1.44. The molecule has 0 saturated carbocycles. The Balaban J connectivity index is 1.42. The van der Waals surface area contributed by atoms with Crippen LogP contribution in [0, 0.1) is 0 Å². The van der Waals surface area contributed by atoms with Gasteiger partial charge in [-0.2, -0.15) is 0 Å². The van der Waals surface area contributed by atoms with E-state index in [9.17, 15) is 14.4 Å². The molecule has 2 aromatic heterocycles. The Bertz CT molecular complexity index is 1290. The van der Waals surface area contributed by atoms with Crippen molar-refractivity contribution in [2.45, 2.75) is 19.6 Å². The van der Waals surface area contributed by atoms with Gasteiger partial charge < -0.3 is 5.32 Å². The quantitative estimate of drug-likeness (QED) is 0.486. The molecule has 0 unspecified atom stereocenters. The van der Waals surface area contributed by atoms with E-state index in [0.29, 0.717) is 6.54 Å². The van der Waals surface area contributed by atoms with Gasteiger partial charge in [0.2, 0.25) is 5.91 Å². The molecular formula is C23H20N4O3S. The van der Waals surface area contributed by atoms with Crippen molar-refractivity contribution in [3.05, 3.63) is 110 Å². The normalized spacial score (nSPS) is 10.7. The zero-order valence-corrected chi connectivity index (χ0v) is 17.4. The van der Waals surface area contributed by atoms with Crippen LogP contribution in [0.5, 0.6) is 0 Å². The van der Waals surface area contributed by atoms with E-state index in [0.717, 1.165) is 26.4 Å². The predicted octanol–water partition coefficient (Wildman–Crippen LogP) is 2.50. The highest BCUT2D eigenvalue weighted by Crippen LogP contribution is 2.21. The summed E-state index contributed by atoms with van der Waals surface area (Å²) in [6, 6.07) is 20.5. The average Bonchev–Trinajstić information content (AvgIpc) is 3.28. The summed E-state index contributed by atoms with van der Waals surface area (Å²) in [4.78, 5) is 41.8. The van der Waals surface area contributed by atoms with Gasteiger partial charge in [0, 0.05) is 23.2 Å². The highest BCUT2D eigenvalue weighted by molar-refractivity contribution is 7.09. The first-order chi connectivity index (χ1) is 15.1. The van der Waals surface area contributed by atoms with Gasteiger partial charge in [0.25, 0.3) is 5.56 Å². The van der Waals surface area contributed by atoms with E-state index >= 15 is 0 Å². The fourth-order valence-corrected chi connectivity index (χ4v) is 3.85. The fraction of sp³-hybridized carbons (Fsp3) is 0.130. The lowest BCUT2D eigenvalue weighted by Crippen LogP contribution is -2.43. The lowest BCUT2D eigenvalue weighted by molar-refractivity contribution is -0.121. The molecule has 0 fully saturated rings. The second-order valence-electron chi connectivity index (χ2n) is 6.91. The molecule has 4 aromatic rings. The van der Waals surface area contributed by atoms with Gasteiger partial charge >= 0.3 is 5.69 Å². The van der Waals surface area contributed by atoms with Crippen LogP contribution in [0.25, 0.3) is 11.3 Å². The largest absolute Gasteiger partial charge is 0.348 e. The van der Waals surface area contributed by atoms with Gasteiger partial charge in [0.05, 0.1) is 18.8 Å². The van der Waals surface area contributed by atoms with E-state index in [1.807, 2.05) is 66.0 Å². The first kappa shape index (κ1) is 20.5. The fourth-order valence-electron chi connectivity index (χ4n) is 3.11. The maximum absolute atomic E-state index is 12.7. The summed E-state index contributed by atoms with van der Waals surface area (Å²) in [6.07, 6.45) is 1.45. The molecule has 2 heterocycles. The van der Waals surface area contributed by atoms with E-state index in [2.05, 4.69) is 10.3 Å². The van der Waals surface area contributed by atoms with Crippen LogP contribution < -0.4 is 16.6 Å². The molecule has 156 valence electrons. The maximum atomic E-state index is 12.7. The second-order valence-corrected chi connectivity index (χ2v) is 7.85. The number of benzene rings is 2. The Morgan fingerprint density at radius 1 is 0.968 bits per heavy atom. The van der Waals surface area contributed by atoms with Crippen LogP contribution in [0.15, 0.2) is 87.9 Å². The standard InChI is InChI=1S/C23H20N4O3S/c28-20(24-13-21-25-19(16-31-21)18-9-5-2-6-10-18)15-27-22(29)11-12-26(23(27)30)14-17-7-3-1-4-8-17/h1-12,16H,13-15H2,(H,24,28). The summed E-state index contributed by atoms with van der Waals surface area (Å²) in [5.74, 6) is -0.423. The SMILES string of the molecule is O=C(Cn1c(=O)ccn(Cc2ccccc2)c1=O)NCc1nc(-c2ccccc2)cs1. The Morgan fingerprint density at radius 2 is 1.68 bits per heavy atom. The summed E-state index contributed by atoms with van der Waals surface area (Å²) in [6.45, 7) is 0.212. The van der Waals surface area contributed by atoms with Crippen molar-refractivity contribution >= 4 is 17.2 Å². The first-order valence-corrected chi connectivity index (χ1v) is 10.6. The smallest absolute Gasteiger partial charge is 0.331 e. The highest BCUT2D eigenvalue weighted by Gasteiger charge is 2.11. The monoisotopic (exact) mass is 432 g/mol. The molecule has 1 amide bonds. The van der Waals surface area contributed by atoms with Gasteiger partial charge in [-0.05, 0) is 5.56 Å². The molecule has 31 heavy (non-hydrogen) atoms. The molecule has 0 atom stereocenters. The molecular weight excluding hydrogens is 412 g/mol. The van der Waals surface area contributed by atoms with E-state index in [4.69, 9.17) is 0 Å². The van der Waals surface area contributed by atoms with Crippen LogP contribution in [0.2, 0.25) is 0 Å². The summed E-state index contributed by atoms with van der Waals surface area (Å²) in [5, 5.41) is 5.41. The predicted molar refractivity (Wildman–Crippen MR) is 120 cm³/mol. The Morgan fingerprint density at radius 3 is 2.42 bits per heavy atom. The minimum absolute atomic E-state index is 0.232. The Hall–Kier alpha value is -3.78. The summed E-state index contributed by atoms with van der Waals surface area (Å²) < 4.78 is 2.35. The molecule has 0 aliphatic carbocycles. The van der Waals surface area contributed by atoms with E-state index < -0.39 is 17.2 Å². The maximum Gasteiger partial charge on any atom is 0.331 e. The van der Waals surface area contributed by atoms with Gasteiger partial charge in [0.1, 0.15) is 11.6 Å². The topological polar surface area (TPSA) is 86.0 Å². The molecule has 0 saturated heterocycles. The number of carbonyl (C=O) groups is 1. The molecule has 7 nitrogen and oxygen atoms in total.